The molecular formula is C8H6N2. The van der Waals surface area contributed by atoms with Crippen LogP contribution in [0.2, 0.25) is 0 Å². The van der Waals surface area contributed by atoms with Crippen LogP contribution in [0.25, 0.3) is 6.08 Å². The van der Waals surface area contributed by atoms with Gasteiger partial charge in [0.1, 0.15) is 0 Å². The van der Waals surface area contributed by atoms with Gasteiger partial charge in [0.25, 0.3) is 0 Å². The first-order chi connectivity index (χ1) is 4.93. The minimum absolute atomic E-state index is 0.809. The van der Waals surface area contributed by atoms with Gasteiger partial charge < -0.3 is 0 Å². The molecule has 0 aliphatic carbocycles. The van der Waals surface area contributed by atoms with Crippen LogP contribution in [0.15, 0.2) is 30.5 Å². The van der Waals surface area contributed by atoms with Crippen LogP contribution in [0.4, 0.5) is 0 Å². The van der Waals surface area contributed by atoms with E-state index in [1.165, 1.54) is 6.08 Å². The fraction of sp³-hybridized carbons (Fsp3) is 0. The number of nitriles is 1. The van der Waals surface area contributed by atoms with Crippen LogP contribution in [-0.2, 0) is 0 Å². The first-order valence-corrected chi connectivity index (χ1v) is 2.90. The summed E-state index contributed by atoms with van der Waals surface area (Å²) in [5.41, 5.74) is 0.809. The normalized spacial score (nSPS) is 9.50. The van der Waals surface area contributed by atoms with Crippen LogP contribution < -0.4 is 0 Å². The molecule has 0 aromatic carbocycles. The number of aromatic nitrogens is 1. The van der Waals surface area contributed by atoms with Gasteiger partial charge in [-0.25, -0.2) is 0 Å². The van der Waals surface area contributed by atoms with E-state index in [0.717, 1.165) is 5.69 Å². The highest BCUT2D eigenvalue weighted by molar-refractivity contribution is 5.46. The molecule has 10 heavy (non-hydrogen) atoms. The Hall–Kier alpha value is -1.62. The van der Waals surface area contributed by atoms with Crippen molar-refractivity contribution in [2.75, 3.05) is 0 Å². The topological polar surface area (TPSA) is 36.7 Å². The molecule has 0 saturated heterocycles. The van der Waals surface area contributed by atoms with Gasteiger partial charge in [0.15, 0.2) is 0 Å². The van der Waals surface area contributed by atoms with E-state index in [9.17, 15) is 0 Å². The molecular weight excluding hydrogens is 124 g/mol. The van der Waals surface area contributed by atoms with E-state index in [2.05, 4.69) is 4.98 Å². The van der Waals surface area contributed by atoms with Crippen LogP contribution in [-0.4, -0.2) is 4.98 Å². The molecule has 0 fully saturated rings. The van der Waals surface area contributed by atoms with Gasteiger partial charge in [-0.1, -0.05) is 6.07 Å². The van der Waals surface area contributed by atoms with Crippen molar-refractivity contribution in [3.05, 3.63) is 36.2 Å². The predicted octanol–water partition coefficient (Wildman–Crippen LogP) is 1.62. The van der Waals surface area contributed by atoms with Crippen molar-refractivity contribution in [3.8, 4) is 6.07 Å². The van der Waals surface area contributed by atoms with Gasteiger partial charge in [0.2, 0.25) is 0 Å². The molecule has 0 unspecified atom stereocenters. The van der Waals surface area contributed by atoms with Crippen LogP contribution in [0.5, 0.6) is 0 Å². The van der Waals surface area contributed by atoms with Crippen LogP contribution >= 0.6 is 0 Å². The van der Waals surface area contributed by atoms with E-state index in [0.29, 0.717) is 0 Å². The molecule has 0 N–H and O–H groups in total. The first-order valence-electron chi connectivity index (χ1n) is 2.90. The Morgan fingerprint density at radius 2 is 2.40 bits per heavy atom. The van der Waals surface area contributed by atoms with Crippen molar-refractivity contribution in [2.45, 2.75) is 0 Å². The quantitative estimate of drug-likeness (QED) is 0.541. The molecule has 0 spiro atoms. The number of hydrogen-bond donors (Lipinski definition) is 0. The summed E-state index contributed by atoms with van der Waals surface area (Å²) in [5.74, 6) is 0. The molecule has 2 heteroatoms. The summed E-state index contributed by atoms with van der Waals surface area (Å²) in [6.07, 6.45) is 4.76. The van der Waals surface area contributed by atoms with Gasteiger partial charge in [-0.15, -0.1) is 0 Å². The second kappa shape index (κ2) is 3.41. The third-order valence-electron chi connectivity index (χ3n) is 1.02. The number of hydrogen-bond acceptors (Lipinski definition) is 2. The first kappa shape index (κ1) is 6.50. The van der Waals surface area contributed by atoms with Crippen molar-refractivity contribution in [1.29, 1.82) is 5.26 Å². The molecule has 0 aliphatic heterocycles. The molecule has 0 amide bonds. The van der Waals surface area contributed by atoms with E-state index in [1.807, 2.05) is 24.3 Å². The minimum Gasteiger partial charge on any atom is -0.257 e. The molecule has 2 nitrogen and oxygen atoms in total. The Morgan fingerprint density at radius 1 is 1.50 bits per heavy atom. The van der Waals surface area contributed by atoms with Gasteiger partial charge in [0.05, 0.1) is 11.8 Å². The van der Waals surface area contributed by atoms with Crippen molar-refractivity contribution in [2.24, 2.45) is 0 Å². The second-order valence-corrected chi connectivity index (χ2v) is 1.72. The van der Waals surface area contributed by atoms with Gasteiger partial charge in [-0.2, -0.15) is 5.26 Å². The minimum atomic E-state index is 0.809. The average molecular weight is 130 g/mol. The predicted molar refractivity (Wildman–Crippen MR) is 38.9 cm³/mol. The van der Waals surface area contributed by atoms with E-state index in [4.69, 9.17) is 5.26 Å². The monoisotopic (exact) mass is 130 g/mol. The zero-order valence-electron chi connectivity index (χ0n) is 5.36. The molecule has 1 aromatic rings. The molecule has 1 rings (SSSR count). The zero-order chi connectivity index (χ0) is 7.23. The Bertz CT molecular complexity index is 256. The van der Waals surface area contributed by atoms with Crippen molar-refractivity contribution >= 4 is 6.08 Å². The fourth-order valence-electron chi connectivity index (χ4n) is 0.597. The van der Waals surface area contributed by atoms with E-state index < -0.39 is 0 Å². The molecule has 48 valence electrons. The molecule has 1 heterocycles. The summed E-state index contributed by atoms with van der Waals surface area (Å²) >= 11 is 0. The lowest BCUT2D eigenvalue weighted by Gasteiger charge is -1.85. The Morgan fingerprint density at radius 3 is 3.00 bits per heavy atom. The molecule has 0 radical (unpaired) electrons. The number of pyridine rings is 1. The third-order valence-corrected chi connectivity index (χ3v) is 1.02. The van der Waals surface area contributed by atoms with Gasteiger partial charge >= 0.3 is 0 Å². The van der Waals surface area contributed by atoms with Crippen molar-refractivity contribution in [3.63, 3.8) is 0 Å². The van der Waals surface area contributed by atoms with Gasteiger partial charge in [-0.3, -0.25) is 4.98 Å². The number of nitrogens with zero attached hydrogens (tertiary/aromatic N) is 2. The van der Waals surface area contributed by atoms with E-state index in [1.54, 1.807) is 12.3 Å². The Balaban J connectivity index is 2.79. The lowest BCUT2D eigenvalue weighted by molar-refractivity contribution is 1.30. The molecule has 0 saturated carbocycles. The molecule has 0 bridgehead atoms. The molecule has 0 aliphatic rings. The molecule has 0 atom stereocenters. The maximum atomic E-state index is 8.16. The highest BCUT2D eigenvalue weighted by Crippen LogP contribution is 1.94. The lowest BCUT2D eigenvalue weighted by Crippen LogP contribution is -1.74. The summed E-state index contributed by atoms with van der Waals surface area (Å²) in [7, 11) is 0. The summed E-state index contributed by atoms with van der Waals surface area (Å²) in [4.78, 5) is 3.98. The van der Waals surface area contributed by atoms with Crippen LogP contribution in [0.3, 0.4) is 0 Å². The highest BCUT2D eigenvalue weighted by Gasteiger charge is 1.80. The van der Waals surface area contributed by atoms with Crippen molar-refractivity contribution < 1.29 is 0 Å². The van der Waals surface area contributed by atoms with E-state index >= 15 is 0 Å². The SMILES string of the molecule is N#C/C=C\c1ccccn1. The Labute approximate surface area is 59.4 Å². The van der Waals surface area contributed by atoms with Crippen LogP contribution in [0.1, 0.15) is 5.69 Å². The van der Waals surface area contributed by atoms with Gasteiger partial charge in [0, 0.05) is 12.3 Å². The second-order valence-electron chi connectivity index (χ2n) is 1.72. The lowest BCUT2D eigenvalue weighted by atomic mass is 10.3. The van der Waals surface area contributed by atoms with E-state index in [-0.39, 0.29) is 0 Å². The Kier molecular flexibility index (Phi) is 2.22. The number of rotatable bonds is 1. The summed E-state index contributed by atoms with van der Waals surface area (Å²) in [6.45, 7) is 0. The van der Waals surface area contributed by atoms with Crippen molar-refractivity contribution in [1.82, 2.24) is 4.98 Å². The zero-order valence-corrected chi connectivity index (χ0v) is 5.36. The standard InChI is InChI=1S/C8H6N2/c9-6-3-5-8-4-1-2-7-10-8/h1-5,7H/b5-3-. The summed E-state index contributed by atoms with van der Waals surface area (Å²) in [5, 5.41) is 8.16. The van der Waals surface area contributed by atoms with Gasteiger partial charge in [-0.05, 0) is 18.2 Å². The average Bonchev–Trinajstić information content (AvgIpc) is 2.03. The maximum absolute atomic E-state index is 8.16. The van der Waals surface area contributed by atoms with Crippen LogP contribution in [0, 0.1) is 11.3 Å². The molecule has 1 aromatic heterocycles. The fourth-order valence-corrected chi connectivity index (χ4v) is 0.597. The highest BCUT2D eigenvalue weighted by atomic mass is 14.6. The summed E-state index contributed by atoms with van der Waals surface area (Å²) in [6, 6.07) is 7.45. The largest absolute Gasteiger partial charge is 0.257 e. The smallest absolute Gasteiger partial charge is 0.0912 e. The maximum Gasteiger partial charge on any atom is 0.0912 e. The summed E-state index contributed by atoms with van der Waals surface area (Å²) < 4.78 is 0. The number of allylic oxidation sites excluding steroid dienone is 1. The third kappa shape index (κ3) is 1.71.